The van der Waals surface area contributed by atoms with Crippen LogP contribution in [0.4, 0.5) is 33.3 Å². The van der Waals surface area contributed by atoms with E-state index in [0.29, 0.717) is 11.3 Å². The molecule has 1 fully saturated rings. The maximum absolute atomic E-state index is 14.6. The summed E-state index contributed by atoms with van der Waals surface area (Å²) >= 11 is 0. The molecule has 0 spiro atoms. The molecule has 1 aliphatic heterocycles. The first-order valence-corrected chi connectivity index (χ1v) is 9.20. The Balaban J connectivity index is 1.77. The molecule has 156 valence electrons. The predicted molar refractivity (Wildman–Crippen MR) is 99.8 cm³/mol. The Morgan fingerprint density at radius 2 is 1.72 bits per heavy atom. The first-order valence-electron chi connectivity index (χ1n) is 9.20. The van der Waals surface area contributed by atoms with Crippen molar-refractivity contribution in [2.45, 2.75) is 13.8 Å². The van der Waals surface area contributed by atoms with Crippen molar-refractivity contribution < 1.29 is 26.9 Å². The number of nitrogens with zero attached hydrogens (tertiary/aromatic N) is 3. The highest BCUT2D eigenvalue weighted by Gasteiger charge is 2.22. The summed E-state index contributed by atoms with van der Waals surface area (Å²) in [6, 6.07) is 4.50. The van der Waals surface area contributed by atoms with E-state index in [2.05, 4.69) is 17.0 Å². The van der Waals surface area contributed by atoms with Gasteiger partial charge in [0, 0.05) is 5.56 Å². The molecular weight excluding hydrogens is 393 g/mol. The summed E-state index contributed by atoms with van der Waals surface area (Å²) in [5, 5.41) is 3.71. The van der Waals surface area contributed by atoms with Crippen LogP contribution in [0.3, 0.4) is 0 Å². The largest absolute Gasteiger partial charge is 0.358 e. The van der Waals surface area contributed by atoms with Gasteiger partial charge in [-0.15, -0.1) is 0 Å². The van der Waals surface area contributed by atoms with E-state index >= 15 is 0 Å². The molecule has 1 saturated heterocycles. The summed E-state index contributed by atoms with van der Waals surface area (Å²) in [7, 11) is 0. The minimum Gasteiger partial charge on any atom is -0.358 e. The summed E-state index contributed by atoms with van der Waals surface area (Å²) in [4.78, 5) is 5.90. The third kappa shape index (κ3) is 4.47. The van der Waals surface area contributed by atoms with Crippen molar-refractivity contribution in [1.82, 2.24) is 4.98 Å². The Kier molecular flexibility index (Phi) is 6.31. The number of halogens is 5. The molecule has 1 aromatic heterocycles. The molecule has 0 aliphatic carbocycles. The first kappa shape index (κ1) is 21.0. The fraction of sp³-hybridized carbons (Fsp3) is 0.368. The van der Waals surface area contributed by atoms with Crippen LogP contribution in [0.1, 0.15) is 19.4 Å². The highest BCUT2D eigenvalue weighted by Crippen LogP contribution is 2.23. The summed E-state index contributed by atoms with van der Waals surface area (Å²) < 4.78 is 68.2. The number of aromatic nitrogens is 1. The molecule has 2 heterocycles. The second-order valence-corrected chi connectivity index (χ2v) is 6.76. The highest BCUT2D eigenvalue weighted by atomic mass is 19.2. The van der Waals surface area contributed by atoms with Gasteiger partial charge in [0.05, 0.1) is 44.1 Å². The molecule has 1 aromatic carbocycles. The van der Waals surface area contributed by atoms with Crippen LogP contribution in [0.25, 0.3) is 0 Å². The van der Waals surface area contributed by atoms with Gasteiger partial charge in [-0.3, -0.25) is 5.43 Å². The molecule has 1 aliphatic rings. The molecule has 0 radical (unpaired) electrons. The molecule has 2 N–H and O–H groups in total. The number of hydrazone groups is 1. The Hall–Kier alpha value is -2.75. The van der Waals surface area contributed by atoms with Crippen LogP contribution in [0.2, 0.25) is 0 Å². The number of quaternary nitrogens is 1. The smallest absolute Gasteiger partial charge is 0.254 e. The van der Waals surface area contributed by atoms with Crippen LogP contribution in [-0.2, 0) is 0 Å². The average molecular weight is 414 g/mol. The normalized spacial score (nSPS) is 15.7. The molecule has 2 aromatic rings. The van der Waals surface area contributed by atoms with E-state index in [4.69, 9.17) is 0 Å². The molecule has 10 heteroatoms. The number of likely N-dealkylation sites (N-methyl/N-ethyl adjacent to an activating group) is 1. The molecule has 0 atom stereocenters. The fourth-order valence-corrected chi connectivity index (χ4v) is 3.20. The van der Waals surface area contributed by atoms with Crippen LogP contribution in [0.15, 0.2) is 23.3 Å². The lowest BCUT2D eigenvalue weighted by molar-refractivity contribution is -0.898. The van der Waals surface area contributed by atoms with Gasteiger partial charge in [0.1, 0.15) is 11.5 Å². The van der Waals surface area contributed by atoms with Crippen molar-refractivity contribution in [3.05, 3.63) is 53.1 Å². The topological polar surface area (TPSA) is 45.0 Å². The number of hydrogen-bond donors (Lipinski definition) is 2. The van der Waals surface area contributed by atoms with Gasteiger partial charge >= 0.3 is 0 Å². The molecule has 0 unspecified atom stereocenters. The molecule has 0 bridgehead atoms. The lowest BCUT2D eigenvalue weighted by atomic mass is 10.1. The van der Waals surface area contributed by atoms with Crippen LogP contribution < -0.4 is 15.2 Å². The van der Waals surface area contributed by atoms with Gasteiger partial charge in [-0.25, -0.2) is 4.39 Å². The zero-order valence-electron chi connectivity index (χ0n) is 16.0. The van der Waals surface area contributed by atoms with Crippen LogP contribution in [-0.4, -0.2) is 43.4 Å². The molecule has 0 saturated carbocycles. The predicted octanol–water partition coefficient (Wildman–Crippen LogP) is 2.34. The highest BCUT2D eigenvalue weighted by molar-refractivity contribution is 5.99. The van der Waals surface area contributed by atoms with Gasteiger partial charge < -0.3 is 9.80 Å². The number of rotatable bonds is 5. The van der Waals surface area contributed by atoms with Gasteiger partial charge in [0.15, 0.2) is 0 Å². The van der Waals surface area contributed by atoms with E-state index in [1.807, 2.05) is 10.3 Å². The molecule has 3 rings (SSSR count). The van der Waals surface area contributed by atoms with E-state index in [1.165, 1.54) is 17.9 Å². The minimum absolute atomic E-state index is 0.173. The van der Waals surface area contributed by atoms with Gasteiger partial charge in [0.2, 0.25) is 11.6 Å². The number of hydrogen-bond acceptors (Lipinski definition) is 4. The number of pyridine rings is 1. The second-order valence-electron chi connectivity index (χ2n) is 6.76. The zero-order valence-corrected chi connectivity index (χ0v) is 16.0. The van der Waals surface area contributed by atoms with Gasteiger partial charge in [0.25, 0.3) is 11.9 Å². The summed E-state index contributed by atoms with van der Waals surface area (Å²) in [6.07, 6.45) is 0. The number of piperazine rings is 1. The third-order valence-corrected chi connectivity index (χ3v) is 5.01. The van der Waals surface area contributed by atoms with Gasteiger partial charge in [-0.05, 0) is 26.0 Å². The van der Waals surface area contributed by atoms with Crippen LogP contribution >= 0.6 is 0 Å². The van der Waals surface area contributed by atoms with Crippen LogP contribution in [0.5, 0.6) is 0 Å². The van der Waals surface area contributed by atoms with Crippen molar-refractivity contribution in [2.75, 3.05) is 43.0 Å². The zero-order chi connectivity index (χ0) is 21.1. The monoisotopic (exact) mass is 414 g/mol. The van der Waals surface area contributed by atoms with E-state index in [0.717, 1.165) is 32.7 Å². The number of anilines is 2. The third-order valence-electron chi connectivity index (χ3n) is 5.01. The quantitative estimate of drug-likeness (QED) is 0.342. The van der Waals surface area contributed by atoms with Crippen molar-refractivity contribution >= 4 is 17.1 Å². The fourth-order valence-electron chi connectivity index (χ4n) is 3.20. The Morgan fingerprint density at radius 3 is 2.28 bits per heavy atom. The first-order chi connectivity index (χ1) is 13.8. The average Bonchev–Trinajstić information content (AvgIpc) is 2.72. The molecular formula is C19H21F5N5+. The molecule has 0 amide bonds. The Labute approximate surface area is 164 Å². The summed E-state index contributed by atoms with van der Waals surface area (Å²) in [5.41, 5.74) is 1.84. The Bertz CT molecular complexity index is 899. The minimum atomic E-state index is -1.79. The summed E-state index contributed by atoms with van der Waals surface area (Å²) in [6.45, 7) is 7.95. The van der Waals surface area contributed by atoms with Gasteiger partial charge in [-0.1, -0.05) is 6.07 Å². The van der Waals surface area contributed by atoms with Crippen molar-refractivity contribution in [2.24, 2.45) is 5.10 Å². The standard InChI is InChI=1S/C19H20F5N5/c1-3-28-6-8-29(9-7-28)14-5-4-12(10-13(14)20)11(2)26-27-17-15(21)18(23)25-19(24)16(17)22/h4-5,10H,3,6-9H2,1-2H3,(H,25,27)/p+1/b26-11-. The van der Waals surface area contributed by atoms with Gasteiger partial charge in [-0.2, -0.15) is 27.6 Å². The maximum atomic E-state index is 14.6. The number of nitrogens with one attached hydrogen (secondary N) is 2. The van der Waals surface area contributed by atoms with Crippen LogP contribution in [0, 0.1) is 29.3 Å². The van der Waals surface area contributed by atoms with E-state index < -0.39 is 35.0 Å². The maximum Gasteiger partial charge on any atom is 0.254 e. The van der Waals surface area contributed by atoms with Crippen molar-refractivity contribution in [1.29, 1.82) is 0 Å². The van der Waals surface area contributed by atoms with E-state index in [1.54, 1.807) is 12.1 Å². The molecule has 5 nitrogen and oxygen atoms in total. The Morgan fingerprint density at radius 1 is 1.10 bits per heavy atom. The second kappa shape index (κ2) is 8.73. The van der Waals surface area contributed by atoms with Crippen molar-refractivity contribution in [3.8, 4) is 0 Å². The lowest BCUT2D eigenvalue weighted by Gasteiger charge is -2.33. The van der Waals surface area contributed by atoms with E-state index in [9.17, 15) is 22.0 Å². The lowest BCUT2D eigenvalue weighted by Crippen LogP contribution is -3.14. The SMILES string of the molecule is CC[NH+]1CCN(c2ccc(/C(C)=N\Nc3c(F)c(F)nc(F)c3F)cc2F)CC1. The molecule has 29 heavy (non-hydrogen) atoms. The number of benzene rings is 1. The van der Waals surface area contributed by atoms with Crippen molar-refractivity contribution in [3.63, 3.8) is 0 Å². The summed E-state index contributed by atoms with van der Waals surface area (Å²) in [5.74, 6) is -7.43. The van der Waals surface area contributed by atoms with E-state index in [-0.39, 0.29) is 5.71 Å².